The van der Waals surface area contributed by atoms with E-state index in [1.807, 2.05) is 6.20 Å². The maximum absolute atomic E-state index is 12.7. The van der Waals surface area contributed by atoms with E-state index in [1.165, 1.54) is 16.8 Å². The van der Waals surface area contributed by atoms with Crippen molar-refractivity contribution in [3.63, 3.8) is 0 Å². The van der Waals surface area contributed by atoms with E-state index in [0.717, 1.165) is 23.3 Å². The van der Waals surface area contributed by atoms with Gasteiger partial charge in [-0.05, 0) is 36.8 Å². The van der Waals surface area contributed by atoms with Crippen molar-refractivity contribution >= 4 is 35.0 Å². The van der Waals surface area contributed by atoms with Crippen LogP contribution in [0.2, 0.25) is 5.02 Å². The Kier molecular flexibility index (Phi) is 2.56. The Balaban J connectivity index is 2.17. The summed E-state index contributed by atoms with van der Waals surface area (Å²) in [7, 11) is 0. The Morgan fingerprint density at radius 1 is 1.56 bits per heavy atom. The first-order valence-electron chi connectivity index (χ1n) is 5.23. The SMILES string of the molecule is FSn1cc(CC2CC2)c2c(Cl)ccnc21. The lowest BCUT2D eigenvalue weighted by Crippen LogP contribution is -1.85. The van der Waals surface area contributed by atoms with Gasteiger partial charge in [-0.2, -0.15) is 0 Å². The zero-order valence-electron chi connectivity index (χ0n) is 8.49. The standard InChI is InChI=1S/C11H10ClFN2S/c12-9-3-4-14-11-10(9)8(5-7-1-2-7)6-15(11)16-13/h3-4,6-7H,1-2,5H2. The van der Waals surface area contributed by atoms with Crippen molar-refractivity contribution in [3.8, 4) is 0 Å². The van der Waals surface area contributed by atoms with E-state index in [1.54, 1.807) is 12.3 Å². The quantitative estimate of drug-likeness (QED) is 0.825. The van der Waals surface area contributed by atoms with E-state index in [4.69, 9.17) is 11.6 Å². The summed E-state index contributed by atoms with van der Waals surface area (Å²) in [6.07, 6.45) is 6.95. The van der Waals surface area contributed by atoms with Crippen LogP contribution in [0.1, 0.15) is 18.4 Å². The highest BCUT2D eigenvalue weighted by atomic mass is 35.5. The van der Waals surface area contributed by atoms with Gasteiger partial charge < -0.3 is 0 Å². The zero-order valence-corrected chi connectivity index (χ0v) is 10.1. The molecule has 0 N–H and O–H groups in total. The lowest BCUT2D eigenvalue weighted by Gasteiger charge is -1.98. The average molecular weight is 257 g/mol. The fraction of sp³-hybridized carbons (Fsp3) is 0.364. The molecule has 0 aromatic carbocycles. The van der Waals surface area contributed by atoms with Gasteiger partial charge in [0.1, 0.15) is 0 Å². The number of nitrogens with zero attached hydrogens (tertiary/aromatic N) is 2. The van der Waals surface area contributed by atoms with Crippen LogP contribution in [0.3, 0.4) is 0 Å². The smallest absolute Gasteiger partial charge is 0.171 e. The first kappa shape index (κ1) is 10.4. The number of pyridine rings is 1. The molecule has 1 saturated carbocycles. The van der Waals surface area contributed by atoms with Gasteiger partial charge in [-0.3, -0.25) is 0 Å². The summed E-state index contributed by atoms with van der Waals surface area (Å²) in [5, 5.41) is 1.56. The van der Waals surface area contributed by atoms with Crippen LogP contribution in [0.5, 0.6) is 0 Å². The van der Waals surface area contributed by atoms with Crippen LogP contribution >= 0.6 is 23.9 Å². The number of hydrogen-bond donors (Lipinski definition) is 0. The number of rotatable bonds is 3. The molecule has 0 atom stereocenters. The second-order valence-corrected chi connectivity index (χ2v) is 5.13. The summed E-state index contributed by atoms with van der Waals surface area (Å²) in [5.74, 6) is 0.750. The highest BCUT2D eigenvalue weighted by molar-refractivity contribution is 7.92. The summed E-state index contributed by atoms with van der Waals surface area (Å²) >= 11 is 6.32. The molecule has 2 heterocycles. The normalized spacial score (nSPS) is 15.9. The van der Waals surface area contributed by atoms with Gasteiger partial charge in [0.05, 0.1) is 5.02 Å². The van der Waals surface area contributed by atoms with Crippen LogP contribution in [-0.2, 0) is 6.42 Å². The Labute approximate surface area is 102 Å². The van der Waals surface area contributed by atoms with E-state index >= 15 is 0 Å². The third-order valence-corrected chi connectivity index (χ3v) is 3.70. The summed E-state index contributed by atoms with van der Waals surface area (Å²) in [6, 6.07) is 1.76. The third kappa shape index (κ3) is 1.70. The molecule has 5 heteroatoms. The van der Waals surface area contributed by atoms with Crippen molar-refractivity contribution in [3.05, 3.63) is 29.0 Å². The van der Waals surface area contributed by atoms with Gasteiger partial charge in [0.25, 0.3) is 0 Å². The monoisotopic (exact) mass is 256 g/mol. The van der Waals surface area contributed by atoms with Crippen LogP contribution in [0.25, 0.3) is 11.0 Å². The van der Waals surface area contributed by atoms with Crippen LogP contribution in [0, 0.1) is 5.92 Å². The molecule has 2 nitrogen and oxygen atoms in total. The molecule has 0 spiro atoms. The van der Waals surface area contributed by atoms with E-state index in [2.05, 4.69) is 4.98 Å². The Bertz CT molecular complexity index is 536. The van der Waals surface area contributed by atoms with Crippen molar-refractivity contribution in [1.29, 1.82) is 0 Å². The van der Waals surface area contributed by atoms with Crippen molar-refractivity contribution in [2.75, 3.05) is 0 Å². The van der Waals surface area contributed by atoms with E-state index in [-0.39, 0.29) is 12.3 Å². The fourth-order valence-corrected chi connectivity index (χ4v) is 2.63. The maximum atomic E-state index is 12.7. The molecule has 3 rings (SSSR count). The summed E-state index contributed by atoms with van der Waals surface area (Å²) in [4.78, 5) is 4.18. The molecule has 0 aliphatic heterocycles. The predicted molar refractivity (Wildman–Crippen MR) is 65.3 cm³/mol. The first-order valence-corrected chi connectivity index (χ1v) is 6.28. The Hall–Kier alpha value is -0.740. The van der Waals surface area contributed by atoms with Crippen molar-refractivity contribution in [2.45, 2.75) is 19.3 Å². The summed E-state index contributed by atoms with van der Waals surface area (Å²) < 4.78 is 14.2. The summed E-state index contributed by atoms with van der Waals surface area (Å²) in [6.45, 7) is 0. The molecule has 0 unspecified atom stereocenters. The number of hydrogen-bond acceptors (Lipinski definition) is 2. The Morgan fingerprint density at radius 3 is 3.06 bits per heavy atom. The molecule has 1 aliphatic rings. The van der Waals surface area contributed by atoms with E-state index < -0.39 is 0 Å². The van der Waals surface area contributed by atoms with Gasteiger partial charge >= 0.3 is 0 Å². The van der Waals surface area contributed by atoms with Gasteiger partial charge in [-0.25, -0.2) is 8.96 Å². The Morgan fingerprint density at radius 2 is 2.38 bits per heavy atom. The van der Waals surface area contributed by atoms with Crippen molar-refractivity contribution in [1.82, 2.24) is 8.96 Å². The van der Waals surface area contributed by atoms with Gasteiger partial charge in [0, 0.05) is 17.8 Å². The molecule has 0 amide bonds. The van der Waals surface area contributed by atoms with Crippen LogP contribution in [0.15, 0.2) is 18.5 Å². The van der Waals surface area contributed by atoms with Crippen molar-refractivity contribution in [2.24, 2.45) is 5.92 Å². The largest absolute Gasteiger partial charge is 0.247 e. The average Bonchev–Trinajstić information content (AvgIpc) is 3.01. The van der Waals surface area contributed by atoms with Crippen LogP contribution in [-0.4, -0.2) is 8.96 Å². The highest BCUT2D eigenvalue weighted by Crippen LogP contribution is 2.37. The van der Waals surface area contributed by atoms with Gasteiger partial charge in [-0.1, -0.05) is 11.6 Å². The topological polar surface area (TPSA) is 17.8 Å². The van der Waals surface area contributed by atoms with Gasteiger partial charge in [0.2, 0.25) is 0 Å². The molecule has 0 bridgehead atoms. The first-order chi connectivity index (χ1) is 7.79. The lowest BCUT2D eigenvalue weighted by atomic mass is 10.1. The molecule has 1 fully saturated rings. The molecule has 1 aliphatic carbocycles. The number of halogens is 2. The van der Waals surface area contributed by atoms with Gasteiger partial charge in [-0.15, -0.1) is 3.89 Å². The number of fused-ring (bicyclic) bond motifs is 1. The van der Waals surface area contributed by atoms with Gasteiger partial charge in [0.15, 0.2) is 18.0 Å². The zero-order chi connectivity index (χ0) is 11.1. The predicted octanol–water partition coefficient (Wildman–Crippen LogP) is 4.02. The molecule has 2 aromatic rings. The molecule has 16 heavy (non-hydrogen) atoms. The van der Waals surface area contributed by atoms with Crippen molar-refractivity contribution < 1.29 is 3.89 Å². The maximum Gasteiger partial charge on any atom is 0.171 e. The molecule has 0 radical (unpaired) electrons. The molecule has 84 valence electrons. The second kappa shape index (κ2) is 3.93. The minimum atomic E-state index is 0.171. The molecule has 0 saturated heterocycles. The number of aromatic nitrogens is 2. The molecular formula is C11H10ClFN2S. The third-order valence-electron chi connectivity index (χ3n) is 2.96. The summed E-state index contributed by atoms with van der Waals surface area (Å²) in [5.41, 5.74) is 1.73. The molecular weight excluding hydrogens is 247 g/mol. The van der Waals surface area contributed by atoms with Crippen LogP contribution < -0.4 is 0 Å². The van der Waals surface area contributed by atoms with Crippen LogP contribution in [0.4, 0.5) is 3.89 Å². The fourth-order valence-electron chi connectivity index (χ4n) is 2.00. The lowest BCUT2D eigenvalue weighted by molar-refractivity contribution is 0.836. The van der Waals surface area contributed by atoms with E-state index in [9.17, 15) is 3.89 Å². The molecule has 2 aromatic heterocycles. The minimum Gasteiger partial charge on any atom is -0.247 e. The highest BCUT2D eigenvalue weighted by Gasteiger charge is 2.24. The second-order valence-electron chi connectivity index (χ2n) is 4.19. The van der Waals surface area contributed by atoms with E-state index in [0.29, 0.717) is 10.7 Å². The minimum absolute atomic E-state index is 0.171.